The van der Waals surface area contributed by atoms with E-state index >= 15 is 0 Å². The number of rotatable bonds is 9. The summed E-state index contributed by atoms with van der Waals surface area (Å²) in [6, 6.07) is 17.4. The van der Waals surface area contributed by atoms with E-state index in [0.29, 0.717) is 28.9 Å². The first kappa shape index (κ1) is 29.3. The molecule has 5 rings (SSSR count). The molecule has 1 aliphatic rings. The lowest BCUT2D eigenvalue weighted by Gasteiger charge is -2.21. The van der Waals surface area contributed by atoms with Crippen molar-refractivity contribution in [3.8, 4) is 22.8 Å². The maximum atomic E-state index is 13.9. The lowest BCUT2D eigenvalue weighted by atomic mass is 10.0. The van der Waals surface area contributed by atoms with Gasteiger partial charge in [-0.3, -0.25) is 15.0 Å². The van der Waals surface area contributed by atoms with E-state index in [4.69, 9.17) is 0 Å². The minimum absolute atomic E-state index is 0.0278. The molecule has 1 saturated heterocycles. The number of carbonyl (C=O) groups excluding carboxylic acids is 1. The molecule has 0 atom stereocenters. The molecule has 1 aliphatic heterocycles. The molecule has 42 heavy (non-hydrogen) atoms. The number of nitrogens with zero attached hydrogens (tertiary/aromatic N) is 5. The number of amides is 1. The van der Waals surface area contributed by atoms with E-state index < -0.39 is 6.36 Å². The Kier molecular flexibility index (Phi) is 8.59. The second-order valence-corrected chi connectivity index (χ2v) is 10.6. The minimum Gasteiger partial charge on any atom is -0.406 e. The van der Waals surface area contributed by atoms with Crippen LogP contribution in [0.5, 0.6) is 5.75 Å². The predicted molar refractivity (Wildman–Crippen MR) is 153 cm³/mol. The van der Waals surface area contributed by atoms with Gasteiger partial charge >= 0.3 is 6.36 Å². The standard InChI is InChI=1S/C29H26F4N6O2S/c1-18(2)24-13-21(30)6-11-25(24)39-26(40)15-42-28(39)35-16-34-14-19-4-3-5-20(12-19)27-36-17-38(37-27)22-7-9-23(10-8-22)41-29(31,32)33/h3-13,17-18,34H,14-16H2,1-2H3. The summed E-state index contributed by atoms with van der Waals surface area (Å²) in [4.78, 5) is 23.2. The average molecular weight is 599 g/mol. The Morgan fingerprint density at radius 2 is 1.88 bits per heavy atom. The third-order valence-electron chi connectivity index (χ3n) is 6.29. The molecule has 1 aromatic heterocycles. The Bertz CT molecular complexity index is 1600. The van der Waals surface area contributed by atoms with E-state index in [-0.39, 0.29) is 35.8 Å². The number of aliphatic imine (C=N–C) groups is 1. The average Bonchev–Trinajstić information content (AvgIpc) is 3.58. The first-order valence-electron chi connectivity index (χ1n) is 12.9. The highest BCUT2D eigenvalue weighted by molar-refractivity contribution is 8.15. The molecular weight excluding hydrogens is 572 g/mol. The smallest absolute Gasteiger partial charge is 0.406 e. The molecule has 8 nitrogen and oxygen atoms in total. The van der Waals surface area contributed by atoms with Crippen LogP contribution in [0.2, 0.25) is 0 Å². The lowest BCUT2D eigenvalue weighted by molar-refractivity contribution is -0.274. The van der Waals surface area contributed by atoms with Gasteiger partial charge in [0.25, 0.3) is 0 Å². The van der Waals surface area contributed by atoms with Crippen LogP contribution in [-0.2, 0) is 11.3 Å². The summed E-state index contributed by atoms with van der Waals surface area (Å²) in [5.41, 5.74) is 3.62. The first-order chi connectivity index (χ1) is 20.1. The second kappa shape index (κ2) is 12.3. The summed E-state index contributed by atoms with van der Waals surface area (Å²) in [5, 5.41) is 8.26. The fourth-order valence-electron chi connectivity index (χ4n) is 4.37. The third-order valence-corrected chi connectivity index (χ3v) is 7.25. The van der Waals surface area contributed by atoms with Gasteiger partial charge in [0.2, 0.25) is 5.91 Å². The number of carbonyl (C=O) groups is 1. The van der Waals surface area contributed by atoms with Crippen molar-refractivity contribution >= 4 is 28.5 Å². The van der Waals surface area contributed by atoms with Crippen LogP contribution < -0.4 is 15.0 Å². The number of halogens is 4. The fraction of sp³-hybridized carbons (Fsp3) is 0.241. The van der Waals surface area contributed by atoms with Crippen molar-refractivity contribution in [1.29, 1.82) is 0 Å². The monoisotopic (exact) mass is 598 g/mol. The first-order valence-corrected chi connectivity index (χ1v) is 13.9. The molecule has 0 aliphatic carbocycles. The van der Waals surface area contributed by atoms with Gasteiger partial charge in [0.05, 0.1) is 23.8 Å². The zero-order valence-electron chi connectivity index (χ0n) is 22.6. The SMILES string of the molecule is CC(C)c1cc(F)ccc1N1C(=O)CSC1=NCNCc1cccc(-c2ncn(-c3ccc(OC(F)(F)F)cc3)n2)c1. The van der Waals surface area contributed by atoms with E-state index in [9.17, 15) is 22.4 Å². The number of benzene rings is 3. The Hall–Kier alpha value is -4.23. The third kappa shape index (κ3) is 6.97. The Morgan fingerprint density at radius 3 is 2.62 bits per heavy atom. The molecule has 1 N–H and O–H groups in total. The maximum Gasteiger partial charge on any atom is 0.573 e. The summed E-state index contributed by atoms with van der Waals surface area (Å²) in [7, 11) is 0. The van der Waals surface area contributed by atoms with Crippen molar-refractivity contribution in [2.75, 3.05) is 17.3 Å². The van der Waals surface area contributed by atoms with Crippen molar-refractivity contribution in [1.82, 2.24) is 20.1 Å². The van der Waals surface area contributed by atoms with Crippen LogP contribution in [0.15, 0.2) is 78.0 Å². The largest absolute Gasteiger partial charge is 0.573 e. The highest BCUT2D eigenvalue weighted by Gasteiger charge is 2.32. The van der Waals surface area contributed by atoms with Crippen molar-refractivity contribution < 1.29 is 27.1 Å². The summed E-state index contributed by atoms with van der Waals surface area (Å²) >= 11 is 1.34. The number of thioether (sulfide) groups is 1. The highest BCUT2D eigenvalue weighted by Crippen LogP contribution is 2.34. The number of hydrogen-bond donors (Lipinski definition) is 1. The van der Waals surface area contributed by atoms with Crippen LogP contribution in [-0.4, -0.2) is 44.6 Å². The molecule has 218 valence electrons. The molecule has 0 unspecified atom stereocenters. The number of nitrogens with one attached hydrogen (secondary N) is 1. The van der Waals surface area contributed by atoms with Crippen molar-refractivity contribution in [3.05, 3.63) is 90.0 Å². The Morgan fingerprint density at radius 1 is 1.10 bits per heavy atom. The highest BCUT2D eigenvalue weighted by atomic mass is 32.2. The van der Waals surface area contributed by atoms with Gasteiger partial charge in [0, 0.05) is 12.1 Å². The summed E-state index contributed by atoms with van der Waals surface area (Å²) in [6.07, 6.45) is -3.28. The van der Waals surface area contributed by atoms with Crippen LogP contribution in [0.1, 0.15) is 30.9 Å². The van der Waals surface area contributed by atoms with E-state index in [2.05, 4.69) is 25.1 Å². The molecule has 0 saturated carbocycles. The molecular formula is C29H26F4N6O2S. The van der Waals surface area contributed by atoms with Gasteiger partial charge in [-0.25, -0.2) is 19.0 Å². The summed E-state index contributed by atoms with van der Waals surface area (Å²) in [6.45, 7) is 4.65. The molecule has 0 radical (unpaired) electrons. The molecule has 0 bridgehead atoms. The van der Waals surface area contributed by atoms with Crippen LogP contribution in [0.3, 0.4) is 0 Å². The van der Waals surface area contributed by atoms with Gasteiger partial charge in [0.15, 0.2) is 11.0 Å². The van der Waals surface area contributed by atoms with Crippen LogP contribution in [0.25, 0.3) is 17.1 Å². The summed E-state index contributed by atoms with van der Waals surface area (Å²) < 4.78 is 56.5. The maximum absolute atomic E-state index is 13.9. The van der Waals surface area contributed by atoms with Crippen molar-refractivity contribution in [3.63, 3.8) is 0 Å². The normalized spacial score (nSPS) is 14.8. The molecule has 0 spiro atoms. The van der Waals surface area contributed by atoms with Gasteiger partial charge < -0.3 is 4.74 Å². The zero-order chi connectivity index (χ0) is 29.9. The molecule has 4 aromatic rings. The number of aromatic nitrogens is 3. The molecule has 3 aromatic carbocycles. The Labute approximate surface area is 243 Å². The van der Waals surface area contributed by atoms with E-state index in [1.807, 2.05) is 38.1 Å². The van der Waals surface area contributed by atoms with Crippen LogP contribution in [0, 0.1) is 5.82 Å². The van der Waals surface area contributed by atoms with E-state index in [0.717, 1.165) is 16.7 Å². The van der Waals surface area contributed by atoms with E-state index in [1.165, 1.54) is 59.2 Å². The van der Waals surface area contributed by atoms with Gasteiger partial charge in [-0.05, 0) is 65.6 Å². The number of hydrogen-bond acceptors (Lipinski definition) is 7. The molecule has 2 heterocycles. The van der Waals surface area contributed by atoms with Gasteiger partial charge in [-0.15, -0.1) is 18.3 Å². The van der Waals surface area contributed by atoms with Crippen LogP contribution >= 0.6 is 11.8 Å². The second-order valence-electron chi connectivity index (χ2n) is 9.66. The summed E-state index contributed by atoms with van der Waals surface area (Å²) in [5.74, 6) is -0.0266. The number of amidine groups is 1. The lowest BCUT2D eigenvalue weighted by Crippen LogP contribution is -2.31. The number of alkyl halides is 3. The quantitative estimate of drug-likeness (QED) is 0.180. The molecule has 1 amide bonds. The number of anilines is 1. The topological polar surface area (TPSA) is 84.6 Å². The number of ether oxygens (including phenoxy) is 1. The van der Waals surface area contributed by atoms with Gasteiger partial charge in [-0.2, -0.15) is 0 Å². The fourth-order valence-corrected chi connectivity index (χ4v) is 5.24. The Balaban J connectivity index is 1.22. The van der Waals surface area contributed by atoms with Crippen LogP contribution in [0.4, 0.5) is 23.2 Å². The molecule has 1 fully saturated rings. The minimum atomic E-state index is -4.76. The van der Waals surface area contributed by atoms with Gasteiger partial charge in [0.1, 0.15) is 17.9 Å². The van der Waals surface area contributed by atoms with Gasteiger partial charge in [-0.1, -0.05) is 43.8 Å². The molecule has 13 heteroatoms. The zero-order valence-corrected chi connectivity index (χ0v) is 23.4. The van der Waals surface area contributed by atoms with E-state index in [1.54, 1.807) is 11.0 Å². The van der Waals surface area contributed by atoms with Crippen molar-refractivity contribution in [2.45, 2.75) is 32.7 Å². The predicted octanol–water partition coefficient (Wildman–Crippen LogP) is 6.28. The van der Waals surface area contributed by atoms with Crippen molar-refractivity contribution in [2.24, 2.45) is 4.99 Å².